The van der Waals surface area contributed by atoms with Crippen molar-refractivity contribution in [3.05, 3.63) is 24.3 Å². The average Bonchev–Trinajstić information content (AvgIpc) is 2.18. The quantitative estimate of drug-likeness (QED) is 0.647. The second-order valence-corrected chi connectivity index (χ2v) is 4.16. The summed E-state index contributed by atoms with van der Waals surface area (Å²) in [5.74, 6) is 0. The molecule has 1 aliphatic rings. The third-order valence-corrected chi connectivity index (χ3v) is 2.42. The van der Waals surface area contributed by atoms with Gasteiger partial charge in [0.15, 0.2) is 6.29 Å². The predicted molar refractivity (Wildman–Crippen MR) is 62.7 cm³/mol. The molecule has 0 saturated carbocycles. The Kier molecular flexibility index (Phi) is 5.66. The van der Waals surface area contributed by atoms with Gasteiger partial charge < -0.3 is 9.47 Å². The van der Waals surface area contributed by atoms with E-state index >= 15 is 0 Å². The molecule has 0 amide bonds. The van der Waals surface area contributed by atoms with Crippen LogP contribution in [0.1, 0.15) is 39.5 Å². The van der Waals surface area contributed by atoms with Gasteiger partial charge in [0.05, 0.1) is 6.10 Å². The zero-order valence-corrected chi connectivity index (χ0v) is 9.87. The van der Waals surface area contributed by atoms with Gasteiger partial charge in [0.1, 0.15) is 0 Å². The van der Waals surface area contributed by atoms with Crippen molar-refractivity contribution >= 4 is 0 Å². The third kappa shape index (κ3) is 5.14. The number of hydrogen-bond acceptors (Lipinski definition) is 2. The first-order valence-electron chi connectivity index (χ1n) is 5.76. The molecule has 1 saturated heterocycles. The lowest BCUT2D eigenvalue weighted by atomic mass is 10.1. The summed E-state index contributed by atoms with van der Waals surface area (Å²) in [6.45, 7) is 8.79. The molecule has 1 heterocycles. The molecule has 0 aromatic heterocycles. The standard InChI is InChI=1S/C13H22O2/c1-4-7-12(10-11(2)3)15-13-8-5-6-9-14-13/h4,7,12-13H,2,5-6,8-10H2,1,3H3/b7-4-. The Hall–Kier alpha value is -0.600. The highest BCUT2D eigenvalue weighted by Gasteiger charge is 2.17. The van der Waals surface area contributed by atoms with Gasteiger partial charge in [-0.1, -0.05) is 17.7 Å². The zero-order valence-electron chi connectivity index (χ0n) is 9.87. The van der Waals surface area contributed by atoms with E-state index in [2.05, 4.69) is 12.7 Å². The van der Waals surface area contributed by atoms with Crippen LogP contribution in [0.4, 0.5) is 0 Å². The highest BCUT2D eigenvalue weighted by atomic mass is 16.7. The number of ether oxygens (including phenoxy) is 2. The van der Waals surface area contributed by atoms with Crippen molar-refractivity contribution < 1.29 is 9.47 Å². The van der Waals surface area contributed by atoms with Crippen LogP contribution in [0, 0.1) is 0 Å². The Morgan fingerprint density at radius 2 is 2.40 bits per heavy atom. The first-order valence-corrected chi connectivity index (χ1v) is 5.76. The van der Waals surface area contributed by atoms with Crippen LogP contribution >= 0.6 is 0 Å². The van der Waals surface area contributed by atoms with Crippen molar-refractivity contribution in [1.29, 1.82) is 0 Å². The summed E-state index contributed by atoms with van der Waals surface area (Å²) in [5, 5.41) is 0. The van der Waals surface area contributed by atoms with Crippen LogP contribution in [0.3, 0.4) is 0 Å². The van der Waals surface area contributed by atoms with E-state index in [1.54, 1.807) is 0 Å². The lowest BCUT2D eigenvalue weighted by Gasteiger charge is -2.26. The van der Waals surface area contributed by atoms with E-state index in [1.807, 2.05) is 19.9 Å². The van der Waals surface area contributed by atoms with Crippen LogP contribution in [0.2, 0.25) is 0 Å². The van der Waals surface area contributed by atoms with Crippen LogP contribution in [-0.4, -0.2) is 19.0 Å². The molecule has 0 N–H and O–H groups in total. The summed E-state index contributed by atoms with van der Waals surface area (Å²) in [4.78, 5) is 0. The lowest BCUT2D eigenvalue weighted by molar-refractivity contribution is -0.178. The first kappa shape index (κ1) is 12.5. The molecule has 1 aliphatic heterocycles. The summed E-state index contributed by atoms with van der Waals surface area (Å²) < 4.78 is 11.4. The maximum atomic E-state index is 5.87. The highest BCUT2D eigenvalue weighted by Crippen LogP contribution is 2.18. The summed E-state index contributed by atoms with van der Waals surface area (Å²) in [6, 6.07) is 0. The molecule has 0 aromatic carbocycles. The molecule has 2 unspecified atom stereocenters. The van der Waals surface area contributed by atoms with Gasteiger partial charge in [0, 0.05) is 6.61 Å². The van der Waals surface area contributed by atoms with Crippen LogP contribution in [0.5, 0.6) is 0 Å². The van der Waals surface area contributed by atoms with E-state index < -0.39 is 0 Å². The summed E-state index contributed by atoms with van der Waals surface area (Å²) in [7, 11) is 0. The molecule has 0 spiro atoms. The lowest BCUT2D eigenvalue weighted by Crippen LogP contribution is -2.27. The Morgan fingerprint density at radius 3 is 2.93 bits per heavy atom. The Balaban J connectivity index is 2.38. The van der Waals surface area contributed by atoms with Gasteiger partial charge in [-0.15, -0.1) is 6.58 Å². The maximum Gasteiger partial charge on any atom is 0.158 e. The van der Waals surface area contributed by atoms with Crippen molar-refractivity contribution in [2.45, 2.75) is 51.9 Å². The first-order chi connectivity index (χ1) is 7.22. The van der Waals surface area contributed by atoms with Crippen molar-refractivity contribution in [2.75, 3.05) is 6.61 Å². The van der Waals surface area contributed by atoms with Gasteiger partial charge in [-0.3, -0.25) is 0 Å². The van der Waals surface area contributed by atoms with Crippen LogP contribution < -0.4 is 0 Å². The molecule has 0 aliphatic carbocycles. The average molecular weight is 210 g/mol. The van der Waals surface area contributed by atoms with Gasteiger partial charge in [0.2, 0.25) is 0 Å². The Bertz CT molecular complexity index is 215. The van der Waals surface area contributed by atoms with Crippen LogP contribution in [0.15, 0.2) is 24.3 Å². The monoisotopic (exact) mass is 210 g/mol. The second kappa shape index (κ2) is 6.81. The van der Waals surface area contributed by atoms with E-state index in [4.69, 9.17) is 9.47 Å². The van der Waals surface area contributed by atoms with Crippen molar-refractivity contribution in [1.82, 2.24) is 0 Å². The zero-order chi connectivity index (χ0) is 11.1. The molecular formula is C13H22O2. The fourth-order valence-electron chi connectivity index (χ4n) is 1.73. The van der Waals surface area contributed by atoms with Gasteiger partial charge >= 0.3 is 0 Å². The minimum atomic E-state index is -0.0145. The minimum Gasteiger partial charge on any atom is -0.353 e. The van der Waals surface area contributed by atoms with Gasteiger partial charge in [-0.25, -0.2) is 0 Å². The molecule has 1 fully saturated rings. The van der Waals surface area contributed by atoms with Gasteiger partial charge in [-0.2, -0.15) is 0 Å². The molecule has 0 radical (unpaired) electrons. The van der Waals surface area contributed by atoms with Crippen molar-refractivity contribution in [3.63, 3.8) is 0 Å². The molecule has 86 valence electrons. The van der Waals surface area contributed by atoms with Gasteiger partial charge in [0.25, 0.3) is 0 Å². The topological polar surface area (TPSA) is 18.5 Å². The van der Waals surface area contributed by atoms with E-state index in [1.165, 1.54) is 6.42 Å². The summed E-state index contributed by atoms with van der Waals surface area (Å²) >= 11 is 0. The van der Waals surface area contributed by atoms with E-state index in [0.29, 0.717) is 0 Å². The second-order valence-electron chi connectivity index (χ2n) is 4.16. The van der Waals surface area contributed by atoms with Crippen LogP contribution in [0.25, 0.3) is 0 Å². The predicted octanol–water partition coefficient (Wildman–Crippen LogP) is 3.44. The molecule has 0 aromatic rings. The molecule has 1 rings (SSSR count). The summed E-state index contributed by atoms with van der Waals surface area (Å²) in [6.07, 6.45) is 8.47. The third-order valence-electron chi connectivity index (χ3n) is 2.42. The smallest absolute Gasteiger partial charge is 0.158 e. The Labute approximate surface area is 93.0 Å². The molecule has 0 bridgehead atoms. The Morgan fingerprint density at radius 1 is 1.60 bits per heavy atom. The number of rotatable bonds is 5. The molecule has 2 atom stereocenters. The fourth-order valence-corrected chi connectivity index (χ4v) is 1.73. The molecule has 15 heavy (non-hydrogen) atoms. The molecule has 2 nitrogen and oxygen atoms in total. The summed E-state index contributed by atoms with van der Waals surface area (Å²) in [5.41, 5.74) is 1.15. The van der Waals surface area contributed by atoms with Crippen molar-refractivity contribution in [3.8, 4) is 0 Å². The molecule has 2 heteroatoms. The SMILES string of the molecule is C=C(C)CC(/C=C\C)OC1CCCCO1. The fraction of sp³-hybridized carbons (Fsp3) is 0.692. The van der Waals surface area contributed by atoms with Crippen LogP contribution in [-0.2, 0) is 9.47 Å². The maximum absolute atomic E-state index is 5.87. The largest absolute Gasteiger partial charge is 0.353 e. The highest BCUT2D eigenvalue weighted by molar-refractivity contribution is 4.98. The number of allylic oxidation sites excluding steroid dienone is 1. The molecular weight excluding hydrogens is 188 g/mol. The van der Waals surface area contributed by atoms with E-state index in [0.717, 1.165) is 31.4 Å². The van der Waals surface area contributed by atoms with Crippen molar-refractivity contribution in [2.24, 2.45) is 0 Å². The normalized spacial score (nSPS) is 24.3. The van der Waals surface area contributed by atoms with E-state index in [9.17, 15) is 0 Å². The number of hydrogen-bond donors (Lipinski definition) is 0. The van der Waals surface area contributed by atoms with E-state index in [-0.39, 0.29) is 12.4 Å². The van der Waals surface area contributed by atoms with Gasteiger partial charge in [-0.05, 0) is 39.5 Å². The minimum absolute atomic E-state index is 0.0145.